The van der Waals surface area contributed by atoms with E-state index in [0.717, 1.165) is 40.5 Å². The van der Waals surface area contributed by atoms with Crippen LogP contribution in [0.3, 0.4) is 0 Å². The number of aromatic nitrogens is 3. The van der Waals surface area contributed by atoms with E-state index in [-0.39, 0.29) is 5.91 Å². The van der Waals surface area contributed by atoms with Gasteiger partial charge in [0, 0.05) is 17.5 Å². The van der Waals surface area contributed by atoms with Crippen LogP contribution in [-0.4, -0.2) is 20.7 Å². The Balaban J connectivity index is 1.80. The second-order valence-electron chi connectivity index (χ2n) is 6.95. The molecule has 0 saturated heterocycles. The molecule has 0 radical (unpaired) electrons. The smallest absolute Gasteiger partial charge is 0.256 e. The van der Waals surface area contributed by atoms with Crippen LogP contribution in [0.4, 0.5) is 5.82 Å². The number of fused-ring (bicyclic) bond motifs is 2. The normalized spacial score (nSPS) is 11.2. The highest BCUT2D eigenvalue weighted by Gasteiger charge is 2.16. The summed E-state index contributed by atoms with van der Waals surface area (Å²) in [6.07, 6.45) is 0.940. The maximum Gasteiger partial charge on any atom is 0.256 e. The van der Waals surface area contributed by atoms with Gasteiger partial charge in [0.2, 0.25) is 0 Å². The molecule has 0 fully saturated rings. The summed E-state index contributed by atoms with van der Waals surface area (Å²) in [6.45, 7) is 6.91. The molecule has 0 bridgehead atoms. The first-order valence-electron chi connectivity index (χ1n) is 9.21. The predicted molar refractivity (Wildman–Crippen MR) is 109 cm³/mol. The van der Waals surface area contributed by atoms with Gasteiger partial charge in [0.1, 0.15) is 0 Å². The third kappa shape index (κ3) is 3.28. The standard InChI is InChI=1S/C22H22N4O/c1-4-11-26-21-18(13-17-10-7-15(3)12-19(17)23-21)20(25-26)24-22(27)16-8-5-14(2)6-9-16/h5-10,12-13H,4,11H2,1-3H3,(H,24,25,27). The molecule has 1 N–H and O–H groups in total. The van der Waals surface area contributed by atoms with Gasteiger partial charge in [-0.3, -0.25) is 4.79 Å². The summed E-state index contributed by atoms with van der Waals surface area (Å²) in [5.74, 6) is 0.390. The predicted octanol–water partition coefficient (Wildman–Crippen LogP) is 4.86. The van der Waals surface area contributed by atoms with Gasteiger partial charge >= 0.3 is 0 Å². The van der Waals surface area contributed by atoms with Gasteiger partial charge in [0.05, 0.1) is 10.9 Å². The van der Waals surface area contributed by atoms with Crippen LogP contribution in [0.15, 0.2) is 48.5 Å². The number of anilines is 1. The van der Waals surface area contributed by atoms with Crippen LogP contribution in [0.1, 0.15) is 34.8 Å². The van der Waals surface area contributed by atoms with Crippen LogP contribution in [0.2, 0.25) is 0 Å². The van der Waals surface area contributed by atoms with E-state index in [0.29, 0.717) is 11.4 Å². The van der Waals surface area contributed by atoms with Gasteiger partial charge in [-0.25, -0.2) is 9.67 Å². The topological polar surface area (TPSA) is 59.8 Å². The number of amides is 1. The third-order valence-electron chi connectivity index (χ3n) is 4.65. The van der Waals surface area contributed by atoms with Gasteiger partial charge in [-0.15, -0.1) is 0 Å². The van der Waals surface area contributed by atoms with Crippen molar-refractivity contribution in [3.05, 3.63) is 65.2 Å². The van der Waals surface area contributed by atoms with Crippen LogP contribution in [0, 0.1) is 13.8 Å². The second kappa shape index (κ2) is 6.83. The Kier molecular flexibility index (Phi) is 4.36. The Morgan fingerprint density at radius 1 is 1.04 bits per heavy atom. The van der Waals surface area contributed by atoms with E-state index in [1.165, 1.54) is 5.56 Å². The van der Waals surface area contributed by atoms with Crippen LogP contribution in [0.5, 0.6) is 0 Å². The molecule has 4 rings (SSSR count). The number of nitrogens with one attached hydrogen (secondary N) is 1. The van der Waals surface area contributed by atoms with E-state index in [9.17, 15) is 4.79 Å². The number of hydrogen-bond acceptors (Lipinski definition) is 3. The number of aryl methyl sites for hydroxylation is 3. The Morgan fingerprint density at radius 3 is 2.52 bits per heavy atom. The van der Waals surface area contributed by atoms with Crippen LogP contribution < -0.4 is 5.32 Å². The summed E-state index contributed by atoms with van der Waals surface area (Å²) in [5.41, 5.74) is 4.65. The SMILES string of the molecule is CCCn1nc(NC(=O)c2ccc(C)cc2)c2cc3ccc(C)cc3nc21. The zero-order valence-electron chi connectivity index (χ0n) is 15.8. The Bertz CT molecular complexity index is 1140. The molecule has 2 aromatic carbocycles. The van der Waals surface area contributed by atoms with Crippen molar-refractivity contribution in [2.75, 3.05) is 5.32 Å². The van der Waals surface area contributed by atoms with Crippen molar-refractivity contribution in [2.45, 2.75) is 33.7 Å². The minimum atomic E-state index is -0.165. The van der Waals surface area contributed by atoms with Crippen molar-refractivity contribution in [1.82, 2.24) is 14.8 Å². The van der Waals surface area contributed by atoms with Gasteiger partial charge in [-0.1, -0.05) is 36.8 Å². The lowest BCUT2D eigenvalue weighted by atomic mass is 10.1. The molecule has 2 aromatic heterocycles. The number of hydrogen-bond donors (Lipinski definition) is 1. The third-order valence-corrected chi connectivity index (χ3v) is 4.65. The Morgan fingerprint density at radius 2 is 1.78 bits per heavy atom. The number of pyridine rings is 1. The lowest BCUT2D eigenvalue weighted by Gasteiger charge is -2.04. The summed E-state index contributed by atoms with van der Waals surface area (Å²) < 4.78 is 1.88. The maximum absolute atomic E-state index is 12.7. The summed E-state index contributed by atoms with van der Waals surface area (Å²) >= 11 is 0. The van der Waals surface area contributed by atoms with E-state index in [1.807, 2.05) is 35.9 Å². The van der Waals surface area contributed by atoms with Crippen molar-refractivity contribution in [3.8, 4) is 0 Å². The zero-order chi connectivity index (χ0) is 19.0. The molecule has 0 aliphatic carbocycles. The van der Waals surface area contributed by atoms with E-state index in [1.54, 1.807) is 0 Å². The molecule has 0 atom stereocenters. The highest BCUT2D eigenvalue weighted by molar-refractivity contribution is 6.08. The molecule has 0 spiro atoms. The van der Waals surface area contributed by atoms with Crippen molar-refractivity contribution in [2.24, 2.45) is 0 Å². The van der Waals surface area contributed by atoms with Gasteiger partial charge in [0.25, 0.3) is 5.91 Å². The molecule has 2 heterocycles. The minimum Gasteiger partial charge on any atom is -0.305 e. The van der Waals surface area contributed by atoms with Crippen LogP contribution >= 0.6 is 0 Å². The zero-order valence-corrected chi connectivity index (χ0v) is 15.8. The molecular formula is C22H22N4O. The highest BCUT2D eigenvalue weighted by atomic mass is 16.1. The van der Waals surface area contributed by atoms with Gasteiger partial charge in [-0.05, 0) is 50.1 Å². The average Bonchev–Trinajstić information content (AvgIpc) is 2.97. The Labute approximate surface area is 158 Å². The highest BCUT2D eigenvalue weighted by Crippen LogP contribution is 2.27. The molecule has 27 heavy (non-hydrogen) atoms. The fraction of sp³-hybridized carbons (Fsp3) is 0.227. The van der Waals surface area contributed by atoms with E-state index in [4.69, 9.17) is 4.98 Å². The number of carbonyl (C=O) groups excluding carboxylic acids is 1. The van der Waals surface area contributed by atoms with Crippen LogP contribution in [0.25, 0.3) is 21.9 Å². The molecule has 0 unspecified atom stereocenters. The number of nitrogens with zero attached hydrogens (tertiary/aromatic N) is 3. The van der Waals surface area contributed by atoms with Crippen molar-refractivity contribution < 1.29 is 4.79 Å². The van der Waals surface area contributed by atoms with Crippen LogP contribution in [-0.2, 0) is 6.54 Å². The summed E-state index contributed by atoms with van der Waals surface area (Å²) in [4.78, 5) is 17.5. The average molecular weight is 358 g/mol. The van der Waals surface area contributed by atoms with E-state index in [2.05, 4.69) is 48.5 Å². The largest absolute Gasteiger partial charge is 0.305 e. The maximum atomic E-state index is 12.7. The number of carbonyl (C=O) groups is 1. The first-order valence-corrected chi connectivity index (χ1v) is 9.21. The van der Waals surface area contributed by atoms with Gasteiger partial charge < -0.3 is 5.32 Å². The minimum absolute atomic E-state index is 0.165. The second-order valence-corrected chi connectivity index (χ2v) is 6.95. The summed E-state index contributed by atoms with van der Waals surface area (Å²) in [5, 5.41) is 9.49. The van der Waals surface area contributed by atoms with Gasteiger partial charge in [-0.2, -0.15) is 5.10 Å². The van der Waals surface area contributed by atoms with E-state index >= 15 is 0 Å². The number of benzene rings is 2. The molecule has 5 heteroatoms. The van der Waals surface area contributed by atoms with Crippen molar-refractivity contribution >= 4 is 33.7 Å². The van der Waals surface area contributed by atoms with E-state index < -0.39 is 0 Å². The summed E-state index contributed by atoms with van der Waals surface area (Å²) in [7, 11) is 0. The molecule has 136 valence electrons. The quantitative estimate of drug-likeness (QED) is 0.566. The first kappa shape index (κ1) is 17.2. The van der Waals surface area contributed by atoms with Gasteiger partial charge in [0.15, 0.2) is 11.5 Å². The molecule has 0 aliphatic rings. The molecule has 0 aliphatic heterocycles. The van der Waals surface area contributed by atoms with Crippen molar-refractivity contribution in [3.63, 3.8) is 0 Å². The Hall–Kier alpha value is -3.21. The summed E-state index contributed by atoms with van der Waals surface area (Å²) in [6, 6.07) is 15.8. The fourth-order valence-electron chi connectivity index (χ4n) is 3.20. The fourth-order valence-corrected chi connectivity index (χ4v) is 3.20. The molecule has 1 amide bonds. The monoisotopic (exact) mass is 358 g/mol. The molecule has 5 nitrogen and oxygen atoms in total. The molecule has 0 saturated carbocycles. The first-order chi connectivity index (χ1) is 13.0. The lowest BCUT2D eigenvalue weighted by Crippen LogP contribution is -2.12. The van der Waals surface area contributed by atoms with Crippen molar-refractivity contribution in [1.29, 1.82) is 0 Å². The lowest BCUT2D eigenvalue weighted by molar-refractivity contribution is 0.102. The molecular weight excluding hydrogens is 336 g/mol. The molecule has 4 aromatic rings. The number of rotatable bonds is 4.